The summed E-state index contributed by atoms with van der Waals surface area (Å²) < 4.78 is 5.16. The molecule has 106 valence electrons. The number of thioether (sulfide) groups is 1. The van der Waals surface area contributed by atoms with E-state index in [1.54, 1.807) is 0 Å². The minimum absolute atomic E-state index is 0.330. The van der Waals surface area contributed by atoms with Crippen molar-refractivity contribution in [3.63, 3.8) is 0 Å². The normalized spacial score (nSPS) is 11.1. The van der Waals surface area contributed by atoms with Crippen molar-refractivity contribution in [2.24, 2.45) is 0 Å². The van der Waals surface area contributed by atoms with Gasteiger partial charge in [0.1, 0.15) is 5.60 Å². The Labute approximate surface area is 120 Å². The Bertz CT molecular complexity index is 373. The smallest absolute Gasteiger partial charge is 0.407 e. The first kappa shape index (κ1) is 15.9. The molecule has 0 unspecified atom stereocenters. The van der Waals surface area contributed by atoms with Crippen molar-refractivity contribution >= 4 is 17.9 Å². The van der Waals surface area contributed by atoms with E-state index in [0.29, 0.717) is 6.54 Å². The van der Waals surface area contributed by atoms with Gasteiger partial charge < -0.3 is 10.1 Å². The molecule has 0 aliphatic heterocycles. The fourth-order valence-electron chi connectivity index (χ4n) is 1.44. The number of carbonyl (C=O) groups excluding carboxylic acids is 1. The Kier molecular flexibility index (Phi) is 6.78. The Morgan fingerprint density at radius 3 is 2.53 bits per heavy atom. The van der Waals surface area contributed by atoms with Gasteiger partial charge in [-0.1, -0.05) is 18.2 Å². The van der Waals surface area contributed by atoms with Crippen LogP contribution in [0.25, 0.3) is 0 Å². The van der Waals surface area contributed by atoms with E-state index < -0.39 is 5.60 Å². The lowest BCUT2D eigenvalue weighted by molar-refractivity contribution is 0.0527. The molecule has 0 fully saturated rings. The Balaban J connectivity index is 2.01. The van der Waals surface area contributed by atoms with Crippen molar-refractivity contribution in [1.82, 2.24) is 5.32 Å². The Morgan fingerprint density at radius 1 is 1.21 bits per heavy atom. The molecule has 3 nitrogen and oxygen atoms in total. The average molecular weight is 281 g/mol. The Morgan fingerprint density at radius 2 is 1.89 bits per heavy atom. The zero-order chi connectivity index (χ0) is 14.1. The summed E-state index contributed by atoms with van der Waals surface area (Å²) in [5.41, 5.74) is -0.423. The number of ether oxygens (including phenoxy) is 1. The van der Waals surface area contributed by atoms with Crippen LogP contribution in [0.15, 0.2) is 35.2 Å². The van der Waals surface area contributed by atoms with Crippen LogP contribution >= 0.6 is 11.8 Å². The summed E-state index contributed by atoms with van der Waals surface area (Å²) in [6, 6.07) is 10.3. The van der Waals surface area contributed by atoms with Gasteiger partial charge in [0, 0.05) is 11.4 Å². The van der Waals surface area contributed by atoms with E-state index in [1.807, 2.05) is 50.7 Å². The molecule has 0 aliphatic carbocycles. The van der Waals surface area contributed by atoms with Crippen LogP contribution in [0.5, 0.6) is 0 Å². The average Bonchev–Trinajstić information content (AvgIpc) is 2.32. The third-order valence-corrected chi connectivity index (χ3v) is 3.35. The van der Waals surface area contributed by atoms with Crippen molar-refractivity contribution in [1.29, 1.82) is 0 Å². The molecule has 0 heterocycles. The molecule has 0 aliphatic rings. The van der Waals surface area contributed by atoms with Gasteiger partial charge >= 0.3 is 6.09 Å². The molecule has 4 heteroatoms. The molecular formula is C15H23NO2S. The van der Waals surface area contributed by atoms with Gasteiger partial charge in [0.25, 0.3) is 0 Å². The topological polar surface area (TPSA) is 38.3 Å². The molecular weight excluding hydrogens is 258 g/mol. The first-order valence-corrected chi connectivity index (χ1v) is 7.61. The Hall–Kier alpha value is -1.16. The van der Waals surface area contributed by atoms with E-state index in [4.69, 9.17) is 4.74 Å². The largest absolute Gasteiger partial charge is 0.444 e. The highest BCUT2D eigenvalue weighted by Gasteiger charge is 2.15. The number of hydrogen-bond acceptors (Lipinski definition) is 3. The van der Waals surface area contributed by atoms with Gasteiger partial charge in [-0.05, 0) is 51.5 Å². The van der Waals surface area contributed by atoms with Crippen LogP contribution < -0.4 is 5.32 Å². The molecule has 1 aromatic rings. The number of unbranched alkanes of at least 4 members (excludes halogenated alkanes) is 1. The second-order valence-corrected chi connectivity index (χ2v) is 6.47. The third-order valence-electron chi connectivity index (χ3n) is 2.25. The SMILES string of the molecule is CC(C)(C)OC(=O)NCCCCSc1ccccc1. The van der Waals surface area contributed by atoms with Crippen molar-refractivity contribution in [3.8, 4) is 0 Å². The van der Waals surface area contributed by atoms with Crippen LogP contribution in [0.4, 0.5) is 4.79 Å². The molecule has 1 N–H and O–H groups in total. The first-order chi connectivity index (χ1) is 8.97. The molecule has 1 rings (SSSR count). The summed E-state index contributed by atoms with van der Waals surface area (Å²) >= 11 is 1.85. The molecule has 0 atom stereocenters. The number of amides is 1. The maximum Gasteiger partial charge on any atom is 0.407 e. The fraction of sp³-hybridized carbons (Fsp3) is 0.533. The van der Waals surface area contributed by atoms with Gasteiger partial charge in [0.05, 0.1) is 0 Å². The number of nitrogens with one attached hydrogen (secondary N) is 1. The van der Waals surface area contributed by atoms with Gasteiger partial charge in [-0.3, -0.25) is 0 Å². The summed E-state index contributed by atoms with van der Waals surface area (Å²) in [7, 11) is 0. The highest BCUT2D eigenvalue weighted by molar-refractivity contribution is 7.99. The molecule has 19 heavy (non-hydrogen) atoms. The highest BCUT2D eigenvalue weighted by Crippen LogP contribution is 2.18. The third kappa shape index (κ3) is 8.54. The van der Waals surface area contributed by atoms with Crippen molar-refractivity contribution < 1.29 is 9.53 Å². The second-order valence-electron chi connectivity index (χ2n) is 5.30. The van der Waals surface area contributed by atoms with Crippen LogP contribution in [0.3, 0.4) is 0 Å². The summed E-state index contributed by atoms with van der Waals surface area (Å²) in [5.74, 6) is 1.07. The number of rotatable bonds is 6. The number of alkyl carbamates (subject to hydrolysis) is 1. The zero-order valence-corrected chi connectivity index (χ0v) is 12.8. The van der Waals surface area contributed by atoms with Gasteiger partial charge in [-0.15, -0.1) is 11.8 Å². The predicted octanol–water partition coefficient (Wildman–Crippen LogP) is 4.08. The van der Waals surface area contributed by atoms with Crippen LogP contribution in [-0.2, 0) is 4.74 Å². The lowest BCUT2D eigenvalue weighted by Crippen LogP contribution is -2.33. The van der Waals surface area contributed by atoms with Gasteiger partial charge in [0.2, 0.25) is 0 Å². The summed E-state index contributed by atoms with van der Waals surface area (Å²) in [5, 5.41) is 2.77. The quantitative estimate of drug-likeness (QED) is 0.630. The molecule has 0 saturated heterocycles. The first-order valence-electron chi connectivity index (χ1n) is 6.62. The second kappa shape index (κ2) is 8.10. The van der Waals surface area contributed by atoms with E-state index in [9.17, 15) is 4.79 Å². The van der Waals surface area contributed by atoms with E-state index >= 15 is 0 Å². The predicted molar refractivity (Wildman–Crippen MR) is 80.6 cm³/mol. The molecule has 0 bridgehead atoms. The minimum Gasteiger partial charge on any atom is -0.444 e. The van der Waals surface area contributed by atoms with Crippen molar-refractivity contribution in [3.05, 3.63) is 30.3 Å². The molecule has 1 amide bonds. The zero-order valence-electron chi connectivity index (χ0n) is 11.9. The van der Waals surface area contributed by atoms with E-state index in [0.717, 1.165) is 18.6 Å². The van der Waals surface area contributed by atoms with Crippen molar-refractivity contribution in [2.75, 3.05) is 12.3 Å². The lowest BCUT2D eigenvalue weighted by Gasteiger charge is -2.19. The molecule has 0 aromatic heterocycles. The standard InChI is InChI=1S/C15H23NO2S/c1-15(2,3)18-14(17)16-11-7-8-12-19-13-9-5-4-6-10-13/h4-6,9-10H,7-8,11-12H2,1-3H3,(H,16,17). The van der Waals surface area contributed by atoms with Gasteiger partial charge in [-0.25, -0.2) is 4.79 Å². The minimum atomic E-state index is -0.423. The van der Waals surface area contributed by atoms with Crippen LogP contribution in [0.2, 0.25) is 0 Å². The fourth-order valence-corrected chi connectivity index (χ4v) is 2.37. The maximum atomic E-state index is 11.4. The highest BCUT2D eigenvalue weighted by atomic mass is 32.2. The van der Waals surface area contributed by atoms with E-state index in [1.165, 1.54) is 4.90 Å². The van der Waals surface area contributed by atoms with Gasteiger partial charge in [0.15, 0.2) is 0 Å². The van der Waals surface area contributed by atoms with E-state index in [2.05, 4.69) is 17.4 Å². The monoisotopic (exact) mass is 281 g/mol. The summed E-state index contributed by atoms with van der Waals surface area (Å²) in [6.45, 7) is 6.26. The summed E-state index contributed by atoms with van der Waals surface area (Å²) in [4.78, 5) is 12.7. The molecule has 0 saturated carbocycles. The summed E-state index contributed by atoms with van der Waals surface area (Å²) in [6.07, 6.45) is 1.72. The number of hydrogen-bond donors (Lipinski definition) is 1. The van der Waals surface area contributed by atoms with Crippen molar-refractivity contribution in [2.45, 2.75) is 44.1 Å². The lowest BCUT2D eigenvalue weighted by atomic mass is 10.2. The molecule has 0 radical (unpaired) electrons. The van der Waals surface area contributed by atoms with Crippen LogP contribution in [0.1, 0.15) is 33.6 Å². The number of carbonyl (C=O) groups is 1. The molecule has 1 aromatic carbocycles. The van der Waals surface area contributed by atoms with E-state index in [-0.39, 0.29) is 6.09 Å². The van der Waals surface area contributed by atoms with Gasteiger partial charge in [-0.2, -0.15) is 0 Å². The number of benzene rings is 1. The molecule has 0 spiro atoms. The van der Waals surface area contributed by atoms with Crippen LogP contribution in [-0.4, -0.2) is 24.0 Å². The van der Waals surface area contributed by atoms with Crippen LogP contribution in [0, 0.1) is 0 Å². The maximum absolute atomic E-state index is 11.4.